The third kappa shape index (κ3) is 5.07. The highest BCUT2D eigenvalue weighted by molar-refractivity contribution is 7.92. The van der Waals surface area contributed by atoms with Crippen molar-refractivity contribution >= 4 is 15.7 Å². The molecule has 1 unspecified atom stereocenters. The van der Waals surface area contributed by atoms with Crippen molar-refractivity contribution in [2.24, 2.45) is 0 Å². The van der Waals surface area contributed by atoms with Crippen molar-refractivity contribution in [3.05, 3.63) is 59.2 Å². The van der Waals surface area contributed by atoms with Crippen LogP contribution >= 0.6 is 0 Å². The normalized spacial score (nSPS) is 25.1. The molecule has 170 valence electrons. The first-order valence-corrected chi connectivity index (χ1v) is 12.7. The fourth-order valence-corrected chi connectivity index (χ4v) is 5.45. The van der Waals surface area contributed by atoms with E-state index in [0.717, 1.165) is 38.5 Å². The predicted octanol–water partition coefficient (Wildman–Crippen LogP) is 3.56. The van der Waals surface area contributed by atoms with Gasteiger partial charge >= 0.3 is 0 Å². The van der Waals surface area contributed by atoms with Gasteiger partial charge in [0.25, 0.3) is 0 Å². The first kappa shape index (κ1) is 22.6. The Morgan fingerprint density at radius 2 is 1.91 bits per heavy atom. The summed E-state index contributed by atoms with van der Waals surface area (Å²) in [5.41, 5.74) is 2.53. The minimum absolute atomic E-state index is 0.385. The van der Waals surface area contributed by atoms with Crippen LogP contribution in [0.3, 0.4) is 0 Å². The van der Waals surface area contributed by atoms with Crippen LogP contribution in [0, 0.1) is 11.3 Å². The summed E-state index contributed by atoms with van der Waals surface area (Å²) >= 11 is 0. The first-order valence-electron chi connectivity index (χ1n) is 10.8. The third-order valence-corrected chi connectivity index (χ3v) is 7.18. The lowest BCUT2D eigenvalue weighted by Crippen LogP contribution is -2.47. The molecule has 1 aliphatic heterocycles. The van der Waals surface area contributed by atoms with Gasteiger partial charge in [-0.1, -0.05) is 12.1 Å². The molecule has 32 heavy (non-hydrogen) atoms. The van der Waals surface area contributed by atoms with Gasteiger partial charge in [-0.15, -0.1) is 0 Å². The molecule has 0 saturated heterocycles. The number of aliphatic hydroxyl groups is 1. The van der Waals surface area contributed by atoms with E-state index in [1.54, 1.807) is 18.2 Å². The monoisotopic (exact) mass is 455 g/mol. The fourth-order valence-electron chi connectivity index (χ4n) is 4.89. The molecule has 1 aliphatic carbocycles. The molecule has 2 aromatic carbocycles. The molecule has 1 fully saturated rings. The number of fused-ring (bicyclic) bond motifs is 1. The van der Waals surface area contributed by atoms with Crippen LogP contribution in [0.25, 0.3) is 0 Å². The lowest BCUT2D eigenvalue weighted by atomic mass is 9.76. The summed E-state index contributed by atoms with van der Waals surface area (Å²) in [6, 6.07) is 15.4. The quantitative estimate of drug-likeness (QED) is 0.715. The second-order valence-corrected chi connectivity index (χ2v) is 10.8. The van der Waals surface area contributed by atoms with E-state index in [-0.39, 0.29) is 5.60 Å². The van der Waals surface area contributed by atoms with Crippen LogP contribution in [0.5, 0.6) is 5.75 Å². The maximum atomic E-state index is 11.5. The van der Waals surface area contributed by atoms with Gasteiger partial charge in [-0.05, 0) is 68.6 Å². The second kappa shape index (κ2) is 8.74. The van der Waals surface area contributed by atoms with E-state index < -0.39 is 16.1 Å². The number of nitrogens with one attached hydrogen (secondary N) is 1. The molecule has 7 nitrogen and oxygen atoms in total. The smallest absolute Gasteiger partial charge is 0.229 e. The lowest BCUT2D eigenvalue weighted by Gasteiger charge is -2.46. The Balaban J connectivity index is 1.39. The molecule has 8 heteroatoms. The van der Waals surface area contributed by atoms with Gasteiger partial charge in [0.15, 0.2) is 0 Å². The molecular weight excluding hydrogens is 426 g/mol. The average Bonchev–Trinajstić information content (AvgIpc) is 2.74. The number of aliphatic hydroxyl groups excluding tert-OH is 1. The van der Waals surface area contributed by atoms with E-state index in [1.165, 1.54) is 5.56 Å². The number of rotatable bonds is 5. The summed E-state index contributed by atoms with van der Waals surface area (Å²) in [6.45, 7) is 0.825. The SMILES string of the molecule is CN(Cc1ccc(C#N)cc1)C1CCC2(CC1)CC(O)c1cc(NS(C)(=O)=O)ccc1O2. The van der Waals surface area contributed by atoms with Gasteiger partial charge in [-0.25, -0.2) is 8.42 Å². The summed E-state index contributed by atoms with van der Waals surface area (Å²) in [7, 11) is -1.25. The highest BCUT2D eigenvalue weighted by atomic mass is 32.2. The first-order chi connectivity index (χ1) is 15.2. The minimum Gasteiger partial charge on any atom is -0.487 e. The van der Waals surface area contributed by atoms with Crippen LogP contribution in [-0.4, -0.2) is 43.4 Å². The zero-order valence-electron chi connectivity index (χ0n) is 18.4. The zero-order valence-corrected chi connectivity index (χ0v) is 19.2. The Labute approximate surface area is 189 Å². The fraction of sp³-hybridized carbons (Fsp3) is 0.458. The molecule has 0 amide bonds. The van der Waals surface area contributed by atoms with Crippen LogP contribution in [0.15, 0.2) is 42.5 Å². The standard InChI is InChI=1S/C24H29N3O4S/c1-27(16-18-5-3-17(15-25)4-6-18)20-9-11-24(12-10-20)14-22(28)21-13-19(26-32(2,29)30)7-8-23(21)31-24/h3-8,13,20,22,26,28H,9-12,14,16H2,1-2H3. The van der Waals surface area contributed by atoms with E-state index in [0.29, 0.717) is 35.0 Å². The molecule has 0 radical (unpaired) electrons. The largest absolute Gasteiger partial charge is 0.487 e. The number of benzene rings is 2. The van der Waals surface area contributed by atoms with E-state index >= 15 is 0 Å². The van der Waals surface area contributed by atoms with Crippen LogP contribution in [-0.2, 0) is 16.6 Å². The lowest BCUT2D eigenvalue weighted by molar-refractivity contribution is -0.0514. The molecule has 0 aromatic heterocycles. The van der Waals surface area contributed by atoms with Crippen molar-refractivity contribution in [1.82, 2.24) is 4.90 Å². The van der Waals surface area contributed by atoms with Gasteiger partial charge in [0, 0.05) is 30.3 Å². The van der Waals surface area contributed by atoms with Crippen LogP contribution in [0.2, 0.25) is 0 Å². The summed E-state index contributed by atoms with van der Waals surface area (Å²) < 4.78 is 31.9. The van der Waals surface area contributed by atoms with Crippen LogP contribution < -0.4 is 9.46 Å². The molecule has 1 spiro atoms. The number of sulfonamides is 1. The third-order valence-electron chi connectivity index (χ3n) is 6.57. The molecule has 2 aromatic rings. The van der Waals surface area contributed by atoms with Crippen molar-refractivity contribution in [2.45, 2.75) is 56.4 Å². The van der Waals surface area contributed by atoms with Gasteiger partial charge in [0.1, 0.15) is 11.4 Å². The van der Waals surface area contributed by atoms with Crippen molar-refractivity contribution < 1.29 is 18.3 Å². The van der Waals surface area contributed by atoms with Crippen molar-refractivity contribution in [3.8, 4) is 11.8 Å². The van der Waals surface area contributed by atoms with Crippen molar-refractivity contribution in [1.29, 1.82) is 5.26 Å². The molecule has 2 N–H and O–H groups in total. The average molecular weight is 456 g/mol. The Bertz CT molecular complexity index is 1120. The minimum atomic E-state index is -3.38. The molecule has 4 rings (SSSR count). The van der Waals surface area contributed by atoms with Gasteiger partial charge in [-0.3, -0.25) is 9.62 Å². The van der Waals surface area contributed by atoms with Gasteiger partial charge in [0.2, 0.25) is 10.0 Å². The number of hydrogen-bond acceptors (Lipinski definition) is 6. The number of ether oxygens (including phenoxy) is 1. The summed E-state index contributed by atoms with van der Waals surface area (Å²) in [5, 5.41) is 19.8. The van der Waals surface area contributed by atoms with Gasteiger partial charge in [0.05, 0.1) is 24.0 Å². The maximum absolute atomic E-state index is 11.5. The molecule has 1 saturated carbocycles. The Morgan fingerprint density at radius 3 is 2.53 bits per heavy atom. The van der Waals surface area contributed by atoms with Crippen molar-refractivity contribution in [2.75, 3.05) is 18.0 Å². The molecule has 1 atom stereocenters. The molecule has 2 aliphatic rings. The second-order valence-electron chi connectivity index (χ2n) is 9.09. The molecule has 0 bridgehead atoms. The molecule has 1 heterocycles. The molecular formula is C24H29N3O4S. The zero-order chi connectivity index (χ0) is 22.9. The maximum Gasteiger partial charge on any atom is 0.229 e. The van der Waals surface area contributed by atoms with Crippen LogP contribution in [0.1, 0.15) is 54.9 Å². The van der Waals surface area contributed by atoms with Gasteiger partial charge in [-0.2, -0.15) is 5.26 Å². The summed E-state index contributed by atoms with van der Waals surface area (Å²) in [4.78, 5) is 2.35. The van der Waals surface area contributed by atoms with E-state index in [9.17, 15) is 13.5 Å². The summed E-state index contributed by atoms with van der Waals surface area (Å²) in [5.74, 6) is 0.632. The summed E-state index contributed by atoms with van der Waals surface area (Å²) in [6.07, 6.45) is 4.59. The highest BCUT2D eigenvalue weighted by Crippen LogP contribution is 2.47. The van der Waals surface area contributed by atoms with E-state index in [4.69, 9.17) is 10.00 Å². The van der Waals surface area contributed by atoms with E-state index in [2.05, 4.69) is 22.7 Å². The Hall–Kier alpha value is -2.60. The Morgan fingerprint density at radius 1 is 1.22 bits per heavy atom. The van der Waals surface area contributed by atoms with Crippen LogP contribution in [0.4, 0.5) is 5.69 Å². The highest BCUT2D eigenvalue weighted by Gasteiger charge is 2.43. The number of anilines is 1. The number of hydrogen-bond donors (Lipinski definition) is 2. The Kier molecular flexibility index (Phi) is 6.17. The van der Waals surface area contributed by atoms with Crippen molar-refractivity contribution in [3.63, 3.8) is 0 Å². The topological polar surface area (TPSA) is 103 Å². The van der Waals surface area contributed by atoms with Gasteiger partial charge < -0.3 is 9.84 Å². The number of nitriles is 1. The van der Waals surface area contributed by atoms with E-state index in [1.807, 2.05) is 24.3 Å². The number of nitrogens with zero attached hydrogens (tertiary/aromatic N) is 2. The predicted molar refractivity (Wildman–Crippen MR) is 123 cm³/mol.